The maximum absolute atomic E-state index is 11.8. The quantitative estimate of drug-likeness (QED) is 0.762. The van der Waals surface area contributed by atoms with Gasteiger partial charge in [0.05, 0.1) is 14.2 Å². The van der Waals surface area contributed by atoms with Gasteiger partial charge in [-0.15, -0.1) is 0 Å². The van der Waals surface area contributed by atoms with Crippen LogP contribution in [0, 0.1) is 5.41 Å². The molecule has 110 valence electrons. The van der Waals surface area contributed by atoms with Crippen LogP contribution in [0.2, 0.25) is 0 Å². The third-order valence-electron chi connectivity index (χ3n) is 3.21. The lowest BCUT2D eigenvalue weighted by Gasteiger charge is -2.23. The summed E-state index contributed by atoms with van der Waals surface area (Å²) in [6.07, 6.45) is 0.0579. The van der Waals surface area contributed by atoms with Crippen LogP contribution in [0.15, 0.2) is 18.2 Å². The van der Waals surface area contributed by atoms with Crippen molar-refractivity contribution in [1.29, 1.82) is 0 Å². The Hall–Kier alpha value is -2.24. The molecule has 2 N–H and O–H groups in total. The molecular formula is C14H19NO5. The van der Waals surface area contributed by atoms with Gasteiger partial charge in [0.2, 0.25) is 5.91 Å². The molecule has 0 radical (unpaired) electrons. The van der Waals surface area contributed by atoms with Crippen LogP contribution in [0.3, 0.4) is 0 Å². The van der Waals surface area contributed by atoms with Crippen LogP contribution in [0.4, 0.5) is 0 Å². The highest BCUT2D eigenvalue weighted by molar-refractivity contribution is 6.01. The van der Waals surface area contributed by atoms with Crippen LogP contribution in [0.5, 0.6) is 11.5 Å². The van der Waals surface area contributed by atoms with Crippen LogP contribution in [-0.2, 0) is 16.0 Å². The summed E-state index contributed by atoms with van der Waals surface area (Å²) in [6, 6.07) is 5.06. The monoisotopic (exact) mass is 281 g/mol. The highest BCUT2D eigenvalue weighted by Crippen LogP contribution is 2.31. The van der Waals surface area contributed by atoms with Gasteiger partial charge < -0.3 is 19.9 Å². The van der Waals surface area contributed by atoms with Gasteiger partial charge >= 0.3 is 5.97 Å². The zero-order valence-corrected chi connectivity index (χ0v) is 12.0. The molecule has 1 aromatic rings. The highest BCUT2D eigenvalue weighted by atomic mass is 16.5. The van der Waals surface area contributed by atoms with Crippen molar-refractivity contribution in [2.24, 2.45) is 5.41 Å². The average Bonchev–Trinajstić information content (AvgIpc) is 2.45. The molecule has 0 spiro atoms. The van der Waals surface area contributed by atoms with Crippen molar-refractivity contribution in [3.05, 3.63) is 23.8 Å². The van der Waals surface area contributed by atoms with Crippen LogP contribution in [-0.4, -0.2) is 38.3 Å². The molecule has 0 bridgehead atoms. The fraction of sp³-hybridized carbons (Fsp3) is 0.429. The summed E-state index contributed by atoms with van der Waals surface area (Å²) >= 11 is 0. The van der Waals surface area contributed by atoms with E-state index >= 15 is 0 Å². The van der Waals surface area contributed by atoms with Gasteiger partial charge in [0.25, 0.3) is 0 Å². The molecule has 6 heteroatoms. The molecule has 0 heterocycles. The number of carboxylic acid groups (broad SMARTS) is 1. The Morgan fingerprint density at radius 1 is 1.25 bits per heavy atom. The molecule has 0 aromatic heterocycles. The molecule has 0 fully saturated rings. The molecule has 0 saturated heterocycles. The van der Waals surface area contributed by atoms with Crippen LogP contribution in [0.25, 0.3) is 0 Å². The summed E-state index contributed by atoms with van der Waals surface area (Å²) in [7, 11) is 4.43. The molecule has 1 aromatic carbocycles. The molecule has 1 amide bonds. The fourth-order valence-corrected chi connectivity index (χ4v) is 1.93. The summed E-state index contributed by atoms with van der Waals surface area (Å²) in [5.41, 5.74) is -0.856. The van der Waals surface area contributed by atoms with Crippen molar-refractivity contribution in [3.63, 3.8) is 0 Å². The number of amides is 1. The molecule has 0 aliphatic heterocycles. The Labute approximate surface area is 117 Å². The Morgan fingerprint density at radius 2 is 1.85 bits per heavy atom. The van der Waals surface area contributed by atoms with Gasteiger partial charge in [0.15, 0.2) is 11.5 Å². The second-order valence-electron chi connectivity index (χ2n) is 4.58. The molecule has 20 heavy (non-hydrogen) atoms. The number of carbonyl (C=O) groups is 2. The minimum atomic E-state index is -1.53. The van der Waals surface area contributed by atoms with Gasteiger partial charge in [-0.25, -0.2) is 0 Å². The zero-order chi connectivity index (χ0) is 15.3. The van der Waals surface area contributed by atoms with Crippen molar-refractivity contribution in [2.75, 3.05) is 21.3 Å². The Kier molecular flexibility index (Phi) is 4.96. The minimum absolute atomic E-state index is 0.0579. The molecule has 0 aliphatic rings. The van der Waals surface area contributed by atoms with Crippen LogP contribution >= 0.6 is 0 Å². The Balaban J connectivity index is 3.12. The van der Waals surface area contributed by atoms with Crippen molar-refractivity contribution in [3.8, 4) is 11.5 Å². The number of carboxylic acids is 1. The normalized spacial score (nSPS) is 13.2. The summed E-state index contributed by atoms with van der Waals surface area (Å²) in [5.74, 6) is -0.672. The largest absolute Gasteiger partial charge is 0.493 e. The second-order valence-corrected chi connectivity index (χ2v) is 4.58. The lowest BCUT2D eigenvalue weighted by Crippen LogP contribution is -2.44. The second kappa shape index (κ2) is 6.27. The highest BCUT2D eigenvalue weighted by Gasteiger charge is 2.40. The molecular weight excluding hydrogens is 262 g/mol. The summed E-state index contributed by atoms with van der Waals surface area (Å²) in [6.45, 7) is 1.39. The van der Waals surface area contributed by atoms with E-state index in [0.717, 1.165) is 0 Å². The van der Waals surface area contributed by atoms with Gasteiger partial charge in [-0.3, -0.25) is 9.59 Å². The number of nitrogens with one attached hydrogen (secondary N) is 1. The molecule has 1 unspecified atom stereocenters. The lowest BCUT2D eigenvalue weighted by molar-refractivity contribution is -0.154. The number of ether oxygens (including phenoxy) is 2. The molecule has 0 saturated carbocycles. The maximum Gasteiger partial charge on any atom is 0.319 e. The SMILES string of the molecule is CNC(=O)C(C)(Cc1ccc(OC)c(OC)c1)C(=O)O. The van der Waals surface area contributed by atoms with E-state index in [2.05, 4.69) is 5.32 Å². The number of methoxy groups -OCH3 is 2. The lowest BCUT2D eigenvalue weighted by atomic mass is 9.82. The summed E-state index contributed by atoms with van der Waals surface area (Å²) < 4.78 is 10.3. The van der Waals surface area contributed by atoms with Crippen LogP contribution < -0.4 is 14.8 Å². The van der Waals surface area contributed by atoms with E-state index in [9.17, 15) is 14.7 Å². The first-order chi connectivity index (χ1) is 9.38. The van der Waals surface area contributed by atoms with E-state index in [1.54, 1.807) is 18.2 Å². The molecule has 1 rings (SSSR count). The third kappa shape index (κ3) is 3.01. The van der Waals surface area contributed by atoms with Crippen molar-refractivity contribution in [2.45, 2.75) is 13.3 Å². The average molecular weight is 281 g/mol. The van der Waals surface area contributed by atoms with Gasteiger partial charge in [-0.2, -0.15) is 0 Å². The van der Waals surface area contributed by atoms with Crippen molar-refractivity contribution >= 4 is 11.9 Å². The topological polar surface area (TPSA) is 84.9 Å². The first-order valence-corrected chi connectivity index (χ1v) is 6.05. The predicted molar refractivity (Wildman–Crippen MR) is 73.1 cm³/mol. The number of hydrogen-bond donors (Lipinski definition) is 2. The van der Waals surface area contributed by atoms with Gasteiger partial charge in [-0.1, -0.05) is 6.07 Å². The van der Waals surface area contributed by atoms with E-state index in [0.29, 0.717) is 17.1 Å². The van der Waals surface area contributed by atoms with Gasteiger partial charge in [0, 0.05) is 7.05 Å². The fourth-order valence-electron chi connectivity index (χ4n) is 1.93. The number of hydrogen-bond acceptors (Lipinski definition) is 4. The van der Waals surface area contributed by atoms with Crippen molar-refractivity contribution < 1.29 is 24.2 Å². The van der Waals surface area contributed by atoms with Crippen molar-refractivity contribution in [1.82, 2.24) is 5.32 Å². The number of carbonyl (C=O) groups excluding carboxylic acids is 1. The minimum Gasteiger partial charge on any atom is -0.493 e. The maximum atomic E-state index is 11.8. The molecule has 6 nitrogen and oxygen atoms in total. The number of rotatable bonds is 6. The third-order valence-corrected chi connectivity index (χ3v) is 3.21. The Morgan fingerprint density at radius 3 is 2.30 bits per heavy atom. The first-order valence-electron chi connectivity index (χ1n) is 6.05. The summed E-state index contributed by atoms with van der Waals surface area (Å²) in [4.78, 5) is 23.2. The zero-order valence-electron chi connectivity index (χ0n) is 12.0. The Bertz CT molecular complexity index is 514. The van der Waals surface area contributed by atoms with E-state index < -0.39 is 17.3 Å². The standard InChI is InChI=1S/C14H19NO5/c1-14(13(17)18,12(16)15-2)8-9-5-6-10(19-3)11(7-9)20-4/h5-7H,8H2,1-4H3,(H,15,16)(H,17,18). The smallest absolute Gasteiger partial charge is 0.319 e. The first kappa shape index (κ1) is 15.8. The number of benzene rings is 1. The van der Waals surface area contributed by atoms with E-state index in [-0.39, 0.29) is 6.42 Å². The van der Waals surface area contributed by atoms with E-state index in [4.69, 9.17) is 9.47 Å². The predicted octanol–water partition coefficient (Wildman–Crippen LogP) is 1.08. The van der Waals surface area contributed by atoms with Gasteiger partial charge in [0.1, 0.15) is 5.41 Å². The van der Waals surface area contributed by atoms with Gasteiger partial charge in [-0.05, 0) is 31.0 Å². The number of aliphatic carboxylic acids is 1. The molecule has 1 atom stereocenters. The van der Waals surface area contributed by atoms with E-state index in [1.807, 2.05) is 0 Å². The van der Waals surface area contributed by atoms with E-state index in [1.165, 1.54) is 28.2 Å². The summed E-state index contributed by atoms with van der Waals surface area (Å²) in [5, 5.41) is 11.7. The van der Waals surface area contributed by atoms with Crippen LogP contribution in [0.1, 0.15) is 12.5 Å². The molecule has 0 aliphatic carbocycles.